The van der Waals surface area contributed by atoms with Gasteiger partial charge in [-0.15, -0.1) is 0 Å². The van der Waals surface area contributed by atoms with Gasteiger partial charge < -0.3 is 10.6 Å². The highest BCUT2D eigenvalue weighted by Gasteiger charge is 2.17. The van der Waals surface area contributed by atoms with Gasteiger partial charge in [0.2, 0.25) is 0 Å². The zero-order valence-corrected chi connectivity index (χ0v) is 12.5. The molecular weight excluding hydrogens is 260 g/mol. The molecule has 0 saturated carbocycles. The van der Waals surface area contributed by atoms with Crippen LogP contribution in [0.15, 0.2) is 42.6 Å². The topological polar surface area (TPSA) is 45.4 Å². The molecule has 1 saturated heterocycles. The van der Waals surface area contributed by atoms with Crippen molar-refractivity contribution in [2.75, 3.05) is 36.8 Å². The van der Waals surface area contributed by atoms with Crippen molar-refractivity contribution in [3.8, 4) is 0 Å². The summed E-state index contributed by atoms with van der Waals surface area (Å²) in [5.41, 5.74) is 10.1. The second-order valence-corrected chi connectivity index (χ2v) is 5.69. The van der Waals surface area contributed by atoms with Crippen LogP contribution in [0.1, 0.15) is 11.3 Å². The number of nitrogens with zero attached hydrogens (tertiary/aromatic N) is 3. The fraction of sp³-hybridized carbons (Fsp3) is 0.353. The van der Waals surface area contributed by atoms with Crippen LogP contribution in [0.5, 0.6) is 0 Å². The number of nitrogen functional groups attached to an aromatic ring is 1. The molecule has 0 radical (unpaired) electrons. The van der Waals surface area contributed by atoms with E-state index in [-0.39, 0.29) is 0 Å². The van der Waals surface area contributed by atoms with Crippen LogP contribution in [0.3, 0.4) is 0 Å². The van der Waals surface area contributed by atoms with Crippen LogP contribution in [0.4, 0.5) is 11.4 Å². The molecule has 3 rings (SSSR count). The first-order valence-electron chi connectivity index (χ1n) is 7.45. The maximum absolute atomic E-state index is 5.67. The second-order valence-electron chi connectivity index (χ2n) is 5.69. The Morgan fingerprint density at radius 1 is 1.10 bits per heavy atom. The number of hydrogen-bond acceptors (Lipinski definition) is 4. The minimum atomic E-state index is 0.725. The summed E-state index contributed by atoms with van der Waals surface area (Å²) >= 11 is 0. The Bertz CT molecular complexity index is 586. The van der Waals surface area contributed by atoms with Crippen LogP contribution in [0, 0.1) is 6.92 Å². The van der Waals surface area contributed by atoms with Crippen LogP contribution in [0.2, 0.25) is 0 Å². The second kappa shape index (κ2) is 6.14. The maximum atomic E-state index is 5.67. The minimum absolute atomic E-state index is 0.725. The molecule has 1 aliphatic rings. The number of aryl methyl sites for hydroxylation is 1. The van der Waals surface area contributed by atoms with Crippen molar-refractivity contribution in [1.82, 2.24) is 9.88 Å². The molecule has 110 valence electrons. The summed E-state index contributed by atoms with van der Waals surface area (Å²) in [5.74, 6) is 0. The summed E-state index contributed by atoms with van der Waals surface area (Å²) in [5, 5.41) is 0. The van der Waals surface area contributed by atoms with Gasteiger partial charge in [0.15, 0.2) is 0 Å². The van der Waals surface area contributed by atoms with Crippen molar-refractivity contribution in [2.45, 2.75) is 13.5 Å². The lowest BCUT2D eigenvalue weighted by molar-refractivity contribution is 0.247. The smallest absolute Gasteiger partial charge is 0.0545 e. The fourth-order valence-corrected chi connectivity index (χ4v) is 2.75. The number of rotatable bonds is 3. The molecule has 0 spiro atoms. The molecule has 2 heterocycles. The summed E-state index contributed by atoms with van der Waals surface area (Å²) in [6, 6.07) is 12.7. The zero-order valence-electron chi connectivity index (χ0n) is 12.5. The van der Waals surface area contributed by atoms with Gasteiger partial charge in [0.1, 0.15) is 0 Å². The zero-order chi connectivity index (χ0) is 14.7. The van der Waals surface area contributed by atoms with Crippen LogP contribution >= 0.6 is 0 Å². The van der Waals surface area contributed by atoms with E-state index in [1.807, 2.05) is 12.1 Å². The maximum Gasteiger partial charge on any atom is 0.0545 e. The van der Waals surface area contributed by atoms with E-state index >= 15 is 0 Å². The van der Waals surface area contributed by atoms with E-state index in [1.165, 1.54) is 11.3 Å². The number of piperazine rings is 1. The number of hydrogen-bond donors (Lipinski definition) is 1. The Hall–Kier alpha value is -2.07. The molecule has 4 nitrogen and oxygen atoms in total. The number of benzene rings is 1. The third-order valence-electron chi connectivity index (χ3n) is 3.97. The summed E-state index contributed by atoms with van der Waals surface area (Å²) in [4.78, 5) is 9.29. The molecule has 21 heavy (non-hydrogen) atoms. The molecule has 1 fully saturated rings. The molecule has 1 aromatic carbocycles. The molecule has 0 bridgehead atoms. The van der Waals surface area contributed by atoms with Crippen molar-refractivity contribution >= 4 is 11.4 Å². The highest BCUT2D eigenvalue weighted by molar-refractivity contribution is 5.48. The molecule has 2 N–H and O–H groups in total. The van der Waals surface area contributed by atoms with E-state index in [2.05, 4.69) is 46.0 Å². The molecule has 2 aromatic rings. The van der Waals surface area contributed by atoms with Gasteiger partial charge in [0, 0.05) is 38.4 Å². The van der Waals surface area contributed by atoms with Crippen molar-refractivity contribution in [1.29, 1.82) is 0 Å². The molecular formula is C17H22N4. The van der Waals surface area contributed by atoms with Crippen LogP contribution in [-0.4, -0.2) is 36.1 Å². The lowest BCUT2D eigenvalue weighted by atomic mass is 10.2. The SMILES string of the molecule is Cc1cccc(N2CCN(Cc3ccc(N)cn3)CC2)c1. The van der Waals surface area contributed by atoms with E-state index < -0.39 is 0 Å². The third-order valence-corrected chi connectivity index (χ3v) is 3.97. The predicted octanol–water partition coefficient (Wildman–Crippen LogP) is 2.29. The summed E-state index contributed by atoms with van der Waals surface area (Å²) in [7, 11) is 0. The molecule has 4 heteroatoms. The molecule has 1 aliphatic heterocycles. The normalized spacial score (nSPS) is 16.1. The van der Waals surface area contributed by atoms with Crippen molar-refractivity contribution in [3.63, 3.8) is 0 Å². The summed E-state index contributed by atoms with van der Waals surface area (Å²) in [6.45, 7) is 7.32. The first-order valence-corrected chi connectivity index (χ1v) is 7.45. The van der Waals surface area contributed by atoms with Gasteiger partial charge in [0.25, 0.3) is 0 Å². The van der Waals surface area contributed by atoms with Gasteiger partial charge in [-0.1, -0.05) is 12.1 Å². The number of aromatic nitrogens is 1. The molecule has 0 amide bonds. The van der Waals surface area contributed by atoms with Crippen LogP contribution in [-0.2, 0) is 6.54 Å². The fourth-order valence-electron chi connectivity index (χ4n) is 2.75. The quantitative estimate of drug-likeness (QED) is 0.938. The molecule has 1 aromatic heterocycles. The molecule has 0 unspecified atom stereocenters. The van der Waals surface area contributed by atoms with Gasteiger partial charge >= 0.3 is 0 Å². The Labute approximate surface area is 126 Å². The summed E-state index contributed by atoms with van der Waals surface area (Å²) in [6.07, 6.45) is 1.73. The lowest BCUT2D eigenvalue weighted by Crippen LogP contribution is -2.46. The van der Waals surface area contributed by atoms with E-state index in [4.69, 9.17) is 5.73 Å². The number of pyridine rings is 1. The standard InChI is InChI=1S/C17H22N4/c1-14-3-2-4-17(11-14)21-9-7-20(8-10-21)13-16-6-5-15(18)12-19-16/h2-6,11-12H,7-10,13,18H2,1H3. The van der Waals surface area contributed by atoms with Crippen LogP contribution in [0.25, 0.3) is 0 Å². The van der Waals surface area contributed by atoms with Crippen molar-refractivity contribution < 1.29 is 0 Å². The van der Waals surface area contributed by atoms with E-state index in [1.54, 1.807) is 6.20 Å². The first-order chi connectivity index (χ1) is 10.2. The monoisotopic (exact) mass is 282 g/mol. The van der Waals surface area contributed by atoms with Crippen LogP contribution < -0.4 is 10.6 Å². The Morgan fingerprint density at radius 3 is 2.57 bits per heavy atom. The number of anilines is 2. The lowest BCUT2D eigenvalue weighted by Gasteiger charge is -2.36. The average Bonchev–Trinajstić information content (AvgIpc) is 2.50. The Morgan fingerprint density at radius 2 is 1.90 bits per heavy atom. The molecule has 0 aliphatic carbocycles. The highest BCUT2D eigenvalue weighted by Crippen LogP contribution is 2.18. The van der Waals surface area contributed by atoms with Gasteiger partial charge in [-0.2, -0.15) is 0 Å². The van der Waals surface area contributed by atoms with Gasteiger partial charge in [-0.05, 0) is 36.8 Å². The average molecular weight is 282 g/mol. The minimum Gasteiger partial charge on any atom is -0.397 e. The van der Waals surface area contributed by atoms with E-state index in [0.717, 1.165) is 44.1 Å². The van der Waals surface area contributed by atoms with Gasteiger partial charge in [-0.3, -0.25) is 9.88 Å². The highest BCUT2D eigenvalue weighted by atomic mass is 15.3. The van der Waals surface area contributed by atoms with Gasteiger partial charge in [0.05, 0.1) is 17.6 Å². The third kappa shape index (κ3) is 3.52. The van der Waals surface area contributed by atoms with E-state index in [9.17, 15) is 0 Å². The van der Waals surface area contributed by atoms with Crippen molar-refractivity contribution in [2.24, 2.45) is 0 Å². The van der Waals surface area contributed by atoms with Crippen molar-refractivity contribution in [3.05, 3.63) is 53.9 Å². The number of nitrogens with two attached hydrogens (primary N) is 1. The Balaban J connectivity index is 1.56. The molecule has 0 atom stereocenters. The van der Waals surface area contributed by atoms with Gasteiger partial charge in [-0.25, -0.2) is 0 Å². The largest absolute Gasteiger partial charge is 0.397 e. The first kappa shape index (κ1) is 13.9. The summed E-state index contributed by atoms with van der Waals surface area (Å²) < 4.78 is 0. The van der Waals surface area contributed by atoms with E-state index in [0.29, 0.717) is 0 Å². The predicted molar refractivity (Wildman–Crippen MR) is 87.3 cm³/mol. The Kier molecular flexibility index (Phi) is 4.06.